The van der Waals surface area contributed by atoms with Gasteiger partial charge in [0.15, 0.2) is 6.61 Å². The molecule has 2 aliphatic heterocycles. The lowest BCUT2D eigenvalue weighted by molar-refractivity contribution is -0.132. The van der Waals surface area contributed by atoms with Crippen molar-refractivity contribution in [1.29, 1.82) is 0 Å². The number of ether oxygens (including phenoxy) is 1. The van der Waals surface area contributed by atoms with Crippen LogP contribution < -0.4 is 10.1 Å². The van der Waals surface area contributed by atoms with E-state index in [4.69, 9.17) is 4.74 Å². The highest BCUT2D eigenvalue weighted by atomic mass is 16.5. The summed E-state index contributed by atoms with van der Waals surface area (Å²) < 4.78 is 5.72. The number of benzene rings is 1. The zero-order valence-corrected chi connectivity index (χ0v) is 15.2. The van der Waals surface area contributed by atoms with Gasteiger partial charge in [-0.3, -0.25) is 9.59 Å². The lowest BCUT2D eigenvalue weighted by atomic mass is 10.0. The summed E-state index contributed by atoms with van der Waals surface area (Å²) in [6.07, 6.45) is 2.28. The first kappa shape index (κ1) is 17.7. The van der Waals surface area contributed by atoms with Crippen LogP contribution in [0.3, 0.4) is 0 Å². The fourth-order valence-corrected chi connectivity index (χ4v) is 3.73. The summed E-state index contributed by atoms with van der Waals surface area (Å²) >= 11 is 0. The van der Waals surface area contributed by atoms with Crippen molar-refractivity contribution < 1.29 is 14.3 Å². The van der Waals surface area contributed by atoms with Crippen molar-refractivity contribution in [2.45, 2.75) is 32.2 Å². The van der Waals surface area contributed by atoms with Gasteiger partial charge in [0.2, 0.25) is 5.91 Å². The number of likely N-dealkylation sites (tertiary alicyclic amines) is 1. The predicted octanol–water partition coefficient (Wildman–Crippen LogP) is 1.75. The molecule has 1 aromatic carbocycles. The van der Waals surface area contributed by atoms with Gasteiger partial charge in [-0.1, -0.05) is 13.3 Å². The van der Waals surface area contributed by atoms with Crippen LogP contribution in [0.25, 0.3) is 0 Å². The molecule has 136 valence electrons. The number of fused-ring (bicyclic) bond motifs is 1. The van der Waals surface area contributed by atoms with E-state index in [1.807, 2.05) is 17.0 Å². The van der Waals surface area contributed by atoms with Crippen molar-refractivity contribution in [1.82, 2.24) is 9.80 Å². The topological polar surface area (TPSA) is 61.9 Å². The van der Waals surface area contributed by atoms with E-state index in [1.165, 1.54) is 0 Å². The second-order valence-electron chi connectivity index (χ2n) is 7.15. The minimum absolute atomic E-state index is 0.0359. The van der Waals surface area contributed by atoms with E-state index in [-0.39, 0.29) is 18.4 Å². The fourth-order valence-electron chi connectivity index (χ4n) is 3.73. The van der Waals surface area contributed by atoms with Gasteiger partial charge in [0, 0.05) is 31.2 Å². The molecule has 2 heterocycles. The van der Waals surface area contributed by atoms with Crippen LogP contribution in [0.15, 0.2) is 18.2 Å². The number of carbonyl (C=O) groups is 2. The van der Waals surface area contributed by atoms with Gasteiger partial charge in [-0.15, -0.1) is 0 Å². The smallest absolute Gasteiger partial charge is 0.260 e. The molecule has 1 N–H and O–H groups in total. The SMILES string of the molecule is CC[C@@H]1CN(C(=O)COc2ccc3c(c2)CCC(=O)N3)C[C@@H]1N(C)C. The monoisotopic (exact) mass is 345 g/mol. The second kappa shape index (κ2) is 7.44. The summed E-state index contributed by atoms with van der Waals surface area (Å²) in [6.45, 7) is 3.81. The van der Waals surface area contributed by atoms with Gasteiger partial charge in [0.1, 0.15) is 5.75 Å². The number of hydrogen-bond acceptors (Lipinski definition) is 4. The summed E-state index contributed by atoms with van der Waals surface area (Å²) in [5.41, 5.74) is 1.90. The molecule has 25 heavy (non-hydrogen) atoms. The number of aryl methyl sites for hydroxylation is 1. The Morgan fingerprint density at radius 2 is 2.12 bits per heavy atom. The molecule has 2 atom stereocenters. The number of rotatable bonds is 5. The van der Waals surface area contributed by atoms with E-state index in [1.54, 1.807) is 6.07 Å². The van der Waals surface area contributed by atoms with E-state index in [0.29, 0.717) is 30.6 Å². The molecule has 2 aliphatic rings. The van der Waals surface area contributed by atoms with E-state index < -0.39 is 0 Å². The summed E-state index contributed by atoms with van der Waals surface area (Å²) in [5.74, 6) is 1.28. The summed E-state index contributed by atoms with van der Waals surface area (Å²) in [4.78, 5) is 28.0. The molecule has 0 saturated carbocycles. The molecule has 0 unspecified atom stereocenters. The predicted molar refractivity (Wildman–Crippen MR) is 96.7 cm³/mol. The average molecular weight is 345 g/mol. The highest BCUT2D eigenvalue weighted by molar-refractivity contribution is 5.94. The number of nitrogens with zero attached hydrogens (tertiary/aromatic N) is 2. The van der Waals surface area contributed by atoms with Crippen LogP contribution in [0.5, 0.6) is 5.75 Å². The zero-order valence-electron chi connectivity index (χ0n) is 15.2. The Morgan fingerprint density at radius 3 is 2.80 bits per heavy atom. The van der Waals surface area contributed by atoms with Gasteiger partial charge in [-0.05, 0) is 50.2 Å². The number of nitrogens with one attached hydrogen (secondary N) is 1. The molecule has 3 rings (SSSR count). The molecule has 0 radical (unpaired) electrons. The molecule has 1 saturated heterocycles. The third-order valence-electron chi connectivity index (χ3n) is 5.28. The normalized spacial score (nSPS) is 22.7. The molecule has 0 aromatic heterocycles. The maximum absolute atomic E-state index is 12.5. The highest BCUT2D eigenvalue weighted by Gasteiger charge is 2.35. The van der Waals surface area contributed by atoms with Gasteiger partial charge >= 0.3 is 0 Å². The molecule has 0 spiro atoms. The van der Waals surface area contributed by atoms with Crippen LogP contribution in [0.4, 0.5) is 5.69 Å². The van der Waals surface area contributed by atoms with Crippen molar-refractivity contribution in [3.63, 3.8) is 0 Å². The van der Waals surface area contributed by atoms with Crippen LogP contribution >= 0.6 is 0 Å². The van der Waals surface area contributed by atoms with Gasteiger partial charge in [-0.25, -0.2) is 0 Å². The minimum Gasteiger partial charge on any atom is -0.484 e. The number of carbonyl (C=O) groups excluding carboxylic acids is 2. The highest BCUT2D eigenvalue weighted by Crippen LogP contribution is 2.27. The van der Waals surface area contributed by atoms with Gasteiger partial charge in [0.25, 0.3) is 5.91 Å². The molecular weight excluding hydrogens is 318 g/mol. The number of likely N-dealkylation sites (N-methyl/N-ethyl adjacent to an activating group) is 1. The van der Waals surface area contributed by atoms with Crippen LogP contribution in [0.2, 0.25) is 0 Å². The third kappa shape index (κ3) is 3.95. The molecule has 0 bridgehead atoms. The second-order valence-corrected chi connectivity index (χ2v) is 7.15. The summed E-state index contributed by atoms with van der Waals surface area (Å²) in [7, 11) is 4.15. The van der Waals surface area contributed by atoms with E-state index in [9.17, 15) is 9.59 Å². The molecule has 0 aliphatic carbocycles. The van der Waals surface area contributed by atoms with E-state index in [2.05, 4.69) is 31.2 Å². The molecule has 6 heteroatoms. The van der Waals surface area contributed by atoms with Crippen LogP contribution in [0, 0.1) is 5.92 Å². The average Bonchev–Trinajstić information content (AvgIpc) is 3.04. The molecule has 1 aromatic rings. The van der Waals surface area contributed by atoms with Crippen molar-refractivity contribution in [2.75, 3.05) is 39.1 Å². The van der Waals surface area contributed by atoms with E-state index >= 15 is 0 Å². The minimum atomic E-state index is 0.0359. The number of hydrogen-bond donors (Lipinski definition) is 1. The Bertz CT molecular complexity index is 659. The van der Waals surface area contributed by atoms with Crippen molar-refractivity contribution in [2.24, 2.45) is 5.92 Å². The van der Waals surface area contributed by atoms with E-state index in [0.717, 1.165) is 30.8 Å². The standard InChI is InChI=1S/C19H27N3O3/c1-4-13-10-22(11-17(13)21(2)3)19(24)12-25-15-6-7-16-14(9-15)5-8-18(23)20-16/h6-7,9,13,17H,4-5,8,10-12H2,1-3H3,(H,20,23)/t13-,17+/m1/s1. The maximum Gasteiger partial charge on any atom is 0.260 e. The molecular formula is C19H27N3O3. The Balaban J connectivity index is 1.57. The zero-order chi connectivity index (χ0) is 18.0. The van der Waals surface area contributed by atoms with Crippen molar-refractivity contribution in [3.8, 4) is 5.75 Å². The van der Waals surface area contributed by atoms with Gasteiger partial charge in [-0.2, -0.15) is 0 Å². The first-order valence-corrected chi connectivity index (χ1v) is 8.97. The maximum atomic E-state index is 12.5. The number of anilines is 1. The molecule has 2 amide bonds. The van der Waals surface area contributed by atoms with Gasteiger partial charge in [0.05, 0.1) is 0 Å². The third-order valence-corrected chi connectivity index (χ3v) is 5.28. The van der Waals surface area contributed by atoms with Gasteiger partial charge < -0.3 is 19.9 Å². The summed E-state index contributed by atoms with van der Waals surface area (Å²) in [5, 5.41) is 2.85. The quantitative estimate of drug-likeness (QED) is 0.883. The Kier molecular flexibility index (Phi) is 5.27. The number of amides is 2. The Hall–Kier alpha value is -2.08. The lowest BCUT2D eigenvalue weighted by Gasteiger charge is -2.23. The fraction of sp³-hybridized carbons (Fsp3) is 0.579. The first-order chi connectivity index (χ1) is 12.0. The van der Waals surface area contributed by atoms with Crippen LogP contribution in [-0.4, -0.2) is 61.4 Å². The Morgan fingerprint density at radius 1 is 1.32 bits per heavy atom. The lowest BCUT2D eigenvalue weighted by Crippen LogP contribution is -2.37. The van der Waals surface area contributed by atoms with Crippen molar-refractivity contribution in [3.05, 3.63) is 23.8 Å². The van der Waals surface area contributed by atoms with Crippen LogP contribution in [-0.2, 0) is 16.0 Å². The summed E-state index contributed by atoms with van der Waals surface area (Å²) in [6, 6.07) is 5.99. The first-order valence-electron chi connectivity index (χ1n) is 8.97. The molecule has 1 fully saturated rings. The molecule has 6 nitrogen and oxygen atoms in total. The van der Waals surface area contributed by atoms with Crippen molar-refractivity contribution >= 4 is 17.5 Å². The van der Waals surface area contributed by atoms with Crippen LogP contribution in [0.1, 0.15) is 25.3 Å². The Labute approximate surface area is 149 Å². The largest absolute Gasteiger partial charge is 0.484 e.